The van der Waals surface area contributed by atoms with E-state index in [2.05, 4.69) is 10.3 Å². The predicted molar refractivity (Wildman–Crippen MR) is 162 cm³/mol. The van der Waals surface area contributed by atoms with Crippen molar-refractivity contribution in [1.82, 2.24) is 4.98 Å². The fourth-order valence-electron chi connectivity index (χ4n) is 5.69. The first kappa shape index (κ1) is 33.1. The molecule has 17 heteroatoms. The summed E-state index contributed by atoms with van der Waals surface area (Å²) in [7, 11) is 1.27. The molecule has 1 fully saturated rings. The van der Waals surface area contributed by atoms with Crippen LogP contribution in [-0.2, 0) is 26.7 Å². The Labute approximate surface area is 274 Å². The lowest BCUT2D eigenvalue weighted by Gasteiger charge is -2.30. The summed E-state index contributed by atoms with van der Waals surface area (Å²) in [6.45, 7) is -0.712. The highest BCUT2D eigenvalue weighted by Gasteiger charge is 2.57. The molecule has 0 radical (unpaired) electrons. The molecular formula is C31H21F6N3O6S2. The van der Waals surface area contributed by atoms with Gasteiger partial charge in [0.05, 0.1) is 40.6 Å². The number of thiazole rings is 1. The zero-order valence-electron chi connectivity index (χ0n) is 24.3. The molecule has 3 heterocycles. The fraction of sp³-hybridized carbons (Fsp3) is 0.226. The number of ether oxygens (including phenoxy) is 2. The second kappa shape index (κ2) is 12.4. The van der Waals surface area contributed by atoms with Gasteiger partial charge < -0.3 is 19.8 Å². The van der Waals surface area contributed by atoms with Gasteiger partial charge in [-0.1, -0.05) is 53.4 Å². The van der Waals surface area contributed by atoms with Crippen molar-refractivity contribution in [3.8, 4) is 11.5 Å². The summed E-state index contributed by atoms with van der Waals surface area (Å²) in [6.07, 6.45) is -9.57. The van der Waals surface area contributed by atoms with Gasteiger partial charge in [-0.15, -0.1) is 0 Å². The van der Waals surface area contributed by atoms with Gasteiger partial charge in [0.25, 0.3) is 5.91 Å². The maximum absolute atomic E-state index is 13.9. The van der Waals surface area contributed by atoms with Crippen LogP contribution in [0.25, 0.3) is 0 Å². The molecule has 250 valence electrons. The number of thioether (sulfide) groups is 1. The van der Waals surface area contributed by atoms with E-state index >= 15 is 0 Å². The first-order valence-corrected chi connectivity index (χ1v) is 15.6. The number of carbonyl (C=O) groups excluding carboxylic acids is 3. The van der Waals surface area contributed by atoms with Crippen LogP contribution in [-0.4, -0.2) is 41.7 Å². The number of amides is 3. The summed E-state index contributed by atoms with van der Waals surface area (Å²) in [5.74, 6) is -4.81. The SMILES string of the molecule is COc1cc(C2c3sc(=O)[nH]c3SC3C(=O)N(c4ccccc4C(F)(F)F)C(=O)C32)ccc1OCC(=O)Nc1ccccc1C(F)(F)F. The van der Waals surface area contributed by atoms with Crippen molar-refractivity contribution in [3.63, 3.8) is 0 Å². The summed E-state index contributed by atoms with van der Waals surface area (Å²) in [4.78, 5) is 55.6. The number of fused-ring (bicyclic) bond motifs is 2. The zero-order valence-corrected chi connectivity index (χ0v) is 25.9. The number of rotatable bonds is 7. The number of methoxy groups -OCH3 is 1. The van der Waals surface area contributed by atoms with E-state index in [1.807, 2.05) is 0 Å². The average molecular weight is 710 g/mol. The quantitative estimate of drug-likeness (QED) is 0.171. The number of benzene rings is 3. The lowest BCUT2D eigenvalue weighted by Crippen LogP contribution is -2.33. The fourth-order valence-corrected chi connectivity index (χ4v) is 8.20. The Morgan fingerprint density at radius 3 is 2.25 bits per heavy atom. The van der Waals surface area contributed by atoms with Crippen LogP contribution >= 0.6 is 23.1 Å². The minimum Gasteiger partial charge on any atom is -0.493 e. The Bertz CT molecular complexity index is 1990. The van der Waals surface area contributed by atoms with E-state index in [1.54, 1.807) is 0 Å². The molecule has 2 aliphatic rings. The molecule has 3 aromatic carbocycles. The number of alkyl halides is 6. The normalized spacial score (nSPS) is 19.1. The smallest absolute Gasteiger partial charge is 0.418 e. The van der Waals surface area contributed by atoms with Crippen LogP contribution in [0.5, 0.6) is 11.5 Å². The first-order valence-electron chi connectivity index (χ1n) is 13.9. The minimum absolute atomic E-state index is 0.000670. The van der Waals surface area contributed by atoms with Gasteiger partial charge in [-0.3, -0.25) is 19.2 Å². The number of hydrogen-bond donors (Lipinski definition) is 2. The third kappa shape index (κ3) is 6.03. The van der Waals surface area contributed by atoms with Crippen molar-refractivity contribution >= 4 is 52.2 Å². The predicted octanol–water partition coefficient (Wildman–Crippen LogP) is 6.30. The molecule has 3 amide bonds. The molecule has 1 aromatic heterocycles. The van der Waals surface area contributed by atoms with Gasteiger partial charge in [0.15, 0.2) is 18.1 Å². The summed E-state index contributed by atoms with van der Waals surface area (Å²) < 4.78 is 92.6. The van der Waals surface area contributed by atoms with Gasteiger partial charge in [0.2, 0.25) is 11.8 Å². The standard InChI is InChI=1S/C31H21F6N3O6S2/c1-45-20-12-14(10-11-19(20)46-13-21(41)38-17-8-4-2-6-15(17)30(32,33)34)22-23-25(47-26-24(22)48-29(44)39-26)28(43)40(27(23)42)18-9-5-3-7-16(18)31(35,36)37/h2-12,22-23,25H,13H2,1H3,(H,38,41)(H,39,44). The molecule has 6 rings (SSSR count). The van der Waals surface area contributed by atoms with Crippen molar-refractivity contribution < 1.29 is 50.2 Å². The average Bonchev–Trinajstić information content (AvgIpc) is 3.53. The van der Waals surface area contributed by atoms with Crippen molar-refractivity contribution in [3.05, 3.63) is 98.0 Å². The maximum atomic E-state index is 13.9. The van der Waals surface area contributed by atoms with E-state index in [1.165, 1.54) is 43.5 Å². The Morgan fingerprint density at radius 1 is 0.896 bits per heavy atom. The van der Waals surface area contributed by atoms with Crippen LogP contribution < -0.4 is 24.6 Å². The largest absolute Gasteiger partial charge is 0.493 e. The molecule has 0 bridgehead atoms. The van der Waals surface area contributed by atoms with E-state index in [0.29, 0.717) is 20.4 Å². The number of aromatic amines is 1. The highest BCUT2D eigenvalue weighted by molar-refractivity contribution is 8.00. The van der Waals surface area contributed by atoms with Crippen LogP contribution in [0.2, 0.25) is 0 Å². The van der Waals surface area contributed by atoms with E-state index in [-0.39, 0.29) is 11.5 Å². The van der Waals surface area contributed by atoms with Crippen LogP contribution in [0.1, 0.15) is 27.5 Å². The van der Waals surface area contributed by atoms with Gasteiger partial charge in [0, 0.05) is 10.8 Å². The molecule has 2 N–H and O–H groups in total. The molecule has 48 heavy (non-hydrogen) atoms. The Balaban J connectivity index is 1.30. The number of anilines is 2. The van der Waals surface area contributed by atoms with Crippen LogP contribution in [0.15, 0.2) is 76.6 Å². The molecule has 0 spiro atoms. The van der Waals surface area contributed by atoms with E-state index in [0.717, 1.165) is 53.4 Å². The van der Waals surface area contributed by atoms with E-state index in [4.69, 9.17) is 9.47 Å². The summed E-state index contributed by atoms with van der Waals surface area (Å²) in [5.41, 5.74) is -2.93. The number of H-pyrrole nitrogens is 1. The van der Waals surface area contributed by atoms with Crippen molar-refractivity contribution in [2.75, 3.05) is 23.9 Å². The van der Waals surface area contributed by atoms with E-state index < -0.39 is 81.1 Å². The number of hydrogen-bond acceptors (Lipinski definition) is 8. The molecule has 9 nitrogen and oxygen atoms in total. The van der Waals surface area contributed by atoms with Crippen LogP contribution in [0, 0.1) is 5.92 Å². The number of para-hydroxylation sites is 2. The molecule has 0 saturated carbocycles. The topological polar surface area (TPSA) is 118 Å². The number of carbonyl (C=O) groups is 3. The molecule has 3 atom stereocenters. The number of nitrogens with zero attached hydrogens (tertiary/aromatic N) is 1. The summed E-state index contributed by atoms with van der Waals surface area (Å²) in [5, 5.41) is 1.28. The second-order valence-corrected chi connectivity index (χ2v) is 12.7. The Hall–Kier alpha value is -4.77. The van der Waals surface area contributed by atoms with Gasteiger partial charge in [0.1, 0.15) is 5.25 Å². The van der Waals surface area contributed by atoms with Crippen molar-refractivity contribution in [1.29, 1.82) is 0 Å². The number of imide groups is 1. The van der Waals surface area contributed by atoms with Gasteiger partial charge >= 0.3 is 17.2 Å². The highest BCUT2D eigenvalue weighted by atomic mass is 32.2. The minimum atomic E-state index is -4.86. The number of aromatic nitrogens is 1. The molecule has 0 aliphatic carbocycles. The van der Waals surface area contributed by atoms with Gasteiger partial charge in [-0.05, 0) is 42.0 Å². The first-order chi connectivity index (χ1) is 22.7. The number of halogens is 6. The highest BCUT2D eigenvalue weighted by Crippen LogP contribution is 2.54. The summed E-state index contributed by atoms with van der Waals surface area (Å²) in [6, 6.07) is 12.9. The lowest BCUT2D eigenvalue weighted by atomic mass is 9.83. The summed E-state index contributed by atoms with van der Waals surface area (Å²) >= 11 is 1.67. The molecule has 1 saturated heterocycles. The third-order valence-corrected chi connectivity index (χ3v) is 10.1. The number of nitrogens with one attached hydrogen (secondary N) is 2. The third-order valence-electron chi connectivity index (χ3n) is 7.69. The molecular weight excluding hydrogens is 688 g/mol. The van der Waals surface area contributed by atoms with Crippen molar-refractivity contribution in [2.24, 2.45) is 5.92 Å². The molecule has 3 unspecified atom stereocenters. The maximum Gasteiger partial charge on any atom is 0.418 e. The monoisotopic (exact) mass is 709 g/mol. The van der Waals surface area contributed by atoms with Gasteiger partial charge in [-0.25, -0.2) is 4.90 Å². The lowest BCUT2D eigenvalue weighted by molar-refractivity contribution is -0.138. The molecule has 4 aromatic rings. The second-order valence-electron chi connectivity index (χ2n) is 10.6. The Morgan fingerprint density at radius 2 is 1.56 bits per heavy atom. The van der Waals surface area contributed by atoms with Crippen LogP contribution in [0.3, 0.4) is 0 Å². The molecule has 2 aliphatic heterocycles. The Kier molecular flexibility index (Phi) is 8.53. The van der Waals surface area contributed by atoms with E-state index in [9.17, 15) is 45.5 Å². The zero-order chi connectivity index (χ0) is 34.5. The van der Waals surface area contributed by atoms with Crippen LogP contribution in [0.4, 0.5) is 37.7 Å². The van der Waals surface area contributed by atoms with Crippen molar-refractivity contribution in [2.45, 2.75) is 28.5 Å². The van der Waals surface area contributed by atoms with Gasteiger partial charge in [-0.2, -0.15) is 26.3 Å².